The summed E-state index contributed by atoms with van der Waals surface area (Å²) in [7, 11) is 0. The second kappa shape index (κ2) is 6.23. The van der Waals surface area contributed by atoms with E-state index in [1.165, 1.54) is 50.6 Å². The Balaban J connectivity index is 1.64. The summed E-state index contributed by atoms with van der Waals surface area (Å²) in [4.78, 5) is 0. The van der Waals surface area contributed by atoms with Crippen LogP contribution in [0.5, 0.6) is 11.5 Å². The van der Waals surface area contributed by atoms with Crippen LogP contribution in [0.3, 0.4) is 0 Å². The third-order valence-corrected chi connectivity index (χ3v) is 8.07. The first-order valence-corrected chi connectivity index (χ1v) is 12.8. The first-order chi connectivity index (χ1) is 17.3. The summed E-state index contributed by atoms with van der Waals surface area (Å²) in [5.74, 6) is 3.05. The maximum Gasteiger partial charge on any atom is 0.354 e. The molecule has 36 heavy (non-hydrogen) atoms. The van der Waals surface area contributed by atoms with Crippen molar-refractivity contribution in [2.75, 3.05) is 0 Å². The van der Waals surface area contributed by atoms with E-state index in [1.54, 1.807) is 0 Å². The van der Waals surface area contributed by atoms with Crippen LogP contribution in [0.4, 0.5) is 11.4 Å². The first kappa shape index (κ1) is 20.3. The van der Waals surface area contributed by atoms with Gasteiger partial charge in [-0.2, -0.15) is 0 Å². The minimum Gasteiger partial charge on any atom is -0.444 e. The highest BCUT2D eigenvalue weighted by Gasteiger charge is 2.72. The zero-order chi connectivity index (χ0) is 24.6. The molecule has 0 N–H and O–H groups in total. The van der Waals surface area contributed by atoms with Gasteiger partial charge in [-0.15, -0.1) is 0 Å². The topological polar surface area (TPSA) is 21.9 Å². The summed E-state index contributed by atoms with van der Waals surface area (Å²) in [5, 5.41) is 0. The van der Waals surface area contributed by atoms with Crippen molar-refractivity contribution < 1.29 is 14.1 Å². The number of pyridine rings is 1. The normalized spacial score (nSPS) is 18.2. The Morgan fingerprint density at radius 2 is 1.53 bits per heavy atom. The van der Waals surface area contributed by atoms with Gasteiger partial charge in [-0.25, -0.2) is 4.57 Å². The van der Waals surface area contributed by atoms with E-state index in [-0.39, 0.29) is 5.41 Å². The number of fused-ring (bicyclic) bond motifs is 6. The molecule has 2 aromatic heterocycles. The van der Waals surface area contributed by atoms with E-state index >= 15 is 0 Å². The predicted octanol–water partition coefficient (Wildman–Crippen LogP) is 6.73. The molecular weight excluding hydrogens is 444 g/mol. The molecule has 1 atom stereocenters. The van der Waals surface area contributed by atoms with Crippen molar-refractivity contribution in [2.45, 2.75) is 46.1 Å². The van der Waals surface area contributed by atoms with E-state index in [1.807, 2.05) is 0 Å². The second-order valence-electron chi connectivity index (χ2n) is 11.5. The quantitative estimate of drug-likeness (QED) is 0.191. The van der Waals surface area contributed by atoms with Crippen molar-refractivity contribution in [3.8, 4) is 34.1 Å². The van der Waals surface area contributed by atoms with Gasteiger partial charge >= 0.3 is 5.82 Å². The van der Waals surface area contributed by atoms with Crippen molar-refractivity contribution in [3.05, 3.63) is 84.6 Å². The standard InChI is InChI=1S/C31H29N4O/c1-19(2)33-23-12-6-7-13-24(23)34-30(33)22-11-9-15-27-29(22)35(34)28-21(10-8-14-26(28)36-27)25-18-20(31(3,4)5)16-17-32(25)35/h6-19H,1-5H3/q+3. The van der Waals surface area contributed by atoms with E-state index < -0.39 is 0 Å². The van der Waals surface area contributed by atoms with Gasteiger partial charge in [0.05, 0.1) is 6.04 Å². The van der Waals surface area contributed by atoms with Crippen molar-refractivity contribution in [1.82, 2.24) is 9.27 Å². The lowest BCUT2D eigenvalue weighted by Crippen LogP contribution is -2.81. The van der Waals surface area contributed by atoms with Gasteiger partial charge in [0.2, 0.25) is 11.7 Å². The molecule has 5 nitrogen and oxygen atoms in total. The molecule has 1 unspecified atom stereocenters. The minimum atomic E-state index is 0.0531. The summed E-state index contributed by atoms with van der Waals surface area (Å²) in [5.41, 5.74) is 9.86. The maximum atomic E-state index is 6.64. The average Bonchev–Trinajstić information content (AvgIpc) is 3.46. The number of rotatable bonds is 1. The Kier molecular flexibility index (Phi) is 3.51. The van der Waals surface area contributed by atoms with Crippen LogP contribution >= 0.6 is 0 Å². The molecule has 176 valence electrons. The van der Waals surface area contributed by atoms with Crippen LogP contribution in [-0.4, -0.2) is 4.57 Å². The summed E-state index contributed by atoms with van der Waals surface area (Å²) < 4.78 is 14.6. The molecule has 5 aromatic rings. The van der Waals surface area contributed by atoms with E-state index in [4.69, 9.17) is 4.74 Å². The molecule has 8 rings (SSSR count). The molecule has 3 aromatic carbocycles. The highest BCUT2D eigenvalue weighted by molar-refractivity contribution is 5.94. The van der Waals surface area contributed by atoms with Crippen molar-refractivity contribution in [3.63, 3.8) is 0 Å². The number of hydrogen-bond donors (Lipinski definition) is 0. The van der Waals surface area contributed by atoms with Crippen LogP contribution in [0.25, 0.3) is 33.7 Å². The molecule has 1 spiro atoms. The molecule has 0 saturated carbocycles. The minimum absolute atomic E-state index is 0.0531. The molecule has 5 heteroatoms. The number of hydrogen-bond acceptors (Lipinski definition) is 1. The van der Waals surface area contributed by atoms with Crippen molar-refractivity contribution >= 4 is 22.4 Å². The van der Waals surface area contributed by atoms with Gasteiger partial charge in [0.25, 0.3) is 17.1 Å². The maximum absolute atomic E-state index is 6.64. The highest BCUT2D eigenvalue weighted by atomic mass is 16.5. The largest absolute Gasteiger partial charge is 0.444 e. The third-order valence-electron chi connectivity index (χ3n) is 8.07. The van der Waals surface area contributed by atoms with Gasteiger partial charge in [0, 0.05) is 21.5 Å². The van der Waals surface area contributed by atoms with Crippen molar-refractivity contribution in [2.24, 2.45) is 0 Å². The SMILES string of the molecule is CC(C)n1c2[n+](c3ccccc31)[N+]13c4c(cccc4-c4cc(C(C)(C)C)cc[n+]41)Oc1cccc-2c13. The number of benzene rings is 3. The molecule has 0 aliphatic carbocycles. The van der Waals surface area contributed by atoms with E-state index in [2.05, 4.69) is 128 Å². The molecule has 0 bridgehead atoms. The predicted molar refractivity (Wildman–Crippen MR) is 141 cm³/mol. The van der Waals surface area contributed by atoms with Gasteiger partial charge < -0.3 is 4.74 Å². The Labute approximate surface area is 210 Å². The molecule has 3 aliphatic heterocycles. The first-order valence-electron chi connectivity index (χ1n) is 12.8. The summed E-state index contributed by atoms with van der Waals surface area (Å²) >= 11 is 0. The molecule has 3 aliphatic rings. The fraction of sp³-hybridized carbons (Fsp3) is 0.226. The van der Waals surface area contributed by atoms with E-state index in [0.717, 1.165) is 11.5 Å². The number of ether oxygens (including phenoxy) is 1. The van der Waals surface area contributed by atoms with Gasteiger partial charge in [-0.1, -0.05) is 45.0 Å². The van der Waals surface area contributed by atoms with Gasteiger partial charge in [0.1, 0.15) is 15.8 Å². The van der Waals surface area contributed by atoms with Crippen LogP contribution in [0, 0.1) is 0 Å². The Morgan fingerprint density at radius 3 is 2.25 bits per heavy atom. The van der Waals surface area contributed by atoms with Crippen LogP contribution in [0.2, 0.25) is 0 Å². The third kappa shape index (κ3) is 2.09. The Bertz CT molecular complexity index is 1790. The van der Waals surface area contributed by atoms with E-state index in [0.29, 0.717) is 10.7 Å². The van der Waals surface area contributed by atoms with Crippen LogP contribution in [-0.2, 0) is 5.41 Å². The van der Waals surface area contributed by atoms with E-state index in [9.17, 15) is 0 Å². The molecule has 0 radical (unpaired) electrons. The number of aromatic nitrogens is 3. The fourth-order valence-electron chi connectivity index (χ4n) is 6.63. The van der Waals surface area contributed by atoms with Crippen LogP contribution in [0.1, 0.15) is 46.2 Å². The number of nitrogens with zero attached hydrogens (tertiary/aromatic N) is 4. The lowest BCUT2D eigenvalue weighted by Gasteiger charge is -2.25. The monoisotopic (exact) mass is 473 g/mol. The molecule has 0 amide bonds. The van der Waals surface area contributed by atoms with Gasteiger partial charge in [-0.05, 0) is 61.2 Å². The summed E-state index contributed by atoms with van der Waals surface area (Å²) in [6.45, 7) is 11.4. The number of imidazole rings is 1. The molecule has 5 heterocycles. The summed E-state index contributed by atoms with van der Waals surface area (Å²) in [6.07, 6.45) is 2.29. The average molecular weight is 474 g/mol. The lowest BCUT2D eigenvalue weighted by atomic mass is 9.87. The fourth-order valence-corrected chi connectivity index (χ4v) is 6.63. The zero-order valence-electron chi connectivity index (χ0n) is 21.3. The van der Waals surface area contributed by atoms with Gasteiger partial charge in [0.15, 0.2) is 17.0 Å². The molecular formula is C31H29N4O+3. The zero-order valence-corrected chi connectivity index (χ0v) is 21.3. The second-order valence-corrected chi connectivity index (χ2v) is 11.5. The summed E-state index contributed by atoms with van der Waals surface area (Å²) in [6, 6.07) is 26.8. The molecule has 0 saturated heterocycles. The Hall–Kier alpha value is -3.96. The molecule has 0 fully saturated rings. The van der Waals surface area contributed by atoms with Crippen molar-refractivity contribution in [1.29, 1.82) is 0 Å². The van der Waals surface area contributed by atoms with Crippen LogP contribution in [0.15, 0.2) is 79.0 Å². The lowest BCUT2D eigenvalue weighted by molar-refractivity contribution is -1.01. The van der Waals surface area contributed by atoms with Gasteiger partial charge in [-0.3, -0.25) is 0 Å². The number of para-hydroxylation sites is 4. The number of quaternary nitrogens is 1. The Morgan fingerprint density at radius 1 is 0.833 bits per heavy atom. The van der Waals surface area contributed by atoms with Crippen LogP contribution < -0.4 is 18.8 Å². The smallest absolute Gasteiger partial charge is 0.354 e. The highest BCUT2D eigenvalue weighted by Crippen LogP contribution is 2.61.